The number of carbonyl (C=O) groups is 1. The highest BCUT2D eigenvalue weighted by Gasteiger charge is 2.19. The van der Waals surface area contributed by atoms with Gasteiger partial charge in [-0.2, -0.15) is 0 Å². The Hall–Kier alpha value is -1.70. The van der Waals surface area contributed by atoms with Gasteiger partial charge in [0.1, 0.15) is 0 Å². The zero-order valence-electron chi connectivity index (χ0n) is 15.5. The van der Waals surface area contributed by atoms with Crippen molar-refractivity contribution in [1.82, 2.24) is 9.62 Å². The van der Waals surface area contributed by atoms with Gasteiger partial charge in [0, 0.05) is 25.8 Å². The molecule has 0 aromatic heterocycles. The van der Waals surface area contributed by atoms with E-state index in [1.54, 1.807) is 24.3 Å². The molecule has 0 bridgehead atoms. The highest BCUT2D eigenvalue weighted by molar-refractivity contribution is 7.89. The summed E-state index contributed by atoms with van der Waals surface area (Å²) in [6.45, 7) is 4.32. The van der Waals surface area contributed by atoms with E-state index >= 15 is 0 Å². The van der Waals surface area contributed by atoms with Gasteiger partial charge in [-0.1, -0.05) is 19.1 Å². The normalized spacial score (nSPS) is 18.8. The average Bonchev–Trinajstić information content (AvgIpc) is 2.90. The van der Waals surface area contributed by atoms with Crippen LogP contribution in [0.2, 0.25) is 0 Å². The number of nitrogens with one attached hydrogen (secondary N) is 1. The number of carbonyl (C=O) groups excluding carboxylic acids is 1. The molecule has 1 N–H and O–H groups in total. The molecule has 1 unspecified atom stereocenters. The average molecular weight is 381 g/mol. The van der Waals surface area contributed by atoms with Crippen LogP contribution in [0.4, 0.5) is 0 Å². The van der Waals surface area contributed by atoms with Crippen LogP contribution in [0.15, 0.2) is 35.2 Å². The van der Waals surface area contributed by atoms with Gasteiger partial charge in [0.05, 0.1) is 11.0 Å². The third-order valence-corrected chi connectivity index (χ3v) is 5.85. The Kier molecular flexibility index (Phi) is 7.81. The first-order valence-corrected chi connectivity index (χ1v) is 10.6. The van der Waals surface area contributed by atoms with Gasteiger partial charge in [-0.15, -0.1) is 0 Å². The summed E-state index contributed by atoms with van der Waals surface area (Å²) >= 11 is 0. The van der Waals surface area contributed by atoms with Crippen LogP contribution in [0, 0.1) is 0 Å². The fraction of sp³-hybridized carbons (Fsp3) is 0.526. The lowest BCUT2D eigenvalue weighted by atomic mass is 10.2. The van der Waals surface area contributed by atoms with Crippen molar-refractivity contribution < 1.29 is 17.9 Å². The maximum Gasteiger partial charge on any atom is 0.246 e. The summed E-state index contributed by atoms with van der Waals surface area (Å²) in [5.74, 6) is -0.0203. The lowest BCUT2D eigenvalue weighted by molar-refractivity contribution is -0.126. The summed E-state index contributed by atoms with van der Waals surface area (Å²) in [7, 11) is -2.06. The summed E-state index contributed by atoms with van der Waals surface area (Å²) in [6, 6.07) is 6.42. The minimum absolute atomic E-state index is 0.0203. The Morgan fingerprint density at radius 1 is 1.27 bits per heavy atom. The van der Waals surface area contributed by atoms with Crippen LogP contribution in [0.1, 0.15) is 38.2 Å². The number of ether oxygens (including phenoxy) is 1. The van der Waals surface area contributed by atoms with Crippen LogP contribution in [0.3, 0.4) is 0 Å². The second kappa shape index (κ2) is 9.85. The van der Waals surface area contributed by atoms with Crippen molar-refractivity contribution in [2.24, 2.45) is 0 Å². The molecular formula is C19H28N2O4S. The predicted octanol–water partition coefficient (Wildman–Crippen LogP) is 2.42. The first kappa shape index (κ1) is 20.6. The lowest BCUT2D eigenvalue weighted by Crippen LogP contribution is -2.30. The first-order chi connectivity index (χ1) is 12.5. The second-order valence-corrected chi connectivity index (χ2v) is 8.25. The van der Waals surface area contributed by atoms with Crippen molar-refractivity contribution >= 4 is 22.0 Å². The molecule has 1 aliphatic heterocycles. The van der Waals surface area contributed by atoms with E-state index in [9.17, 15) is 13.2 Å². The Morgan fingerprint density at radius 2 is 2.00 bits per heavy atom. The van der Waals surface area contributed by atoms with Gasteiger partial charge in [0.15, 0.2) is 0 Å². The summed E-state index contributed by atoms with van der Waals surface area (Å²) in [6.07, 6.45) is 7.34. The molecule has 1 aromatic carbocycles. The van der Waals surface area contributed by atoms with E-state index in [2.05, 4.69) is 11.6 Å². The molecule has 26 heavy (non-hydrogen) atoms. The highest BCUT2D eigenvalue weighted by Crippen LogP contribution is 2.16. The fourth-order valence-corrected chi connectivity index (χ4v) is 3.62. The van der Waals surface area contributed by atoms with Gasteiger partial charge in [0.2, 0.25) is 15.9 Å². The van der Waals surface area contributed by atoms with Crippen molar-refractivity contribution in [2.75, 3.05) is 26.7 Å². The number of hydrogen-bond acceptors (Lipinski definition) is 4. The Balaban J connectivity index is 1.92. The molecule has 1 aromatic rings. The number of hydrogen-bond donors (Lipinski definition) is 1. The summed E-state index contributed by atoms with van der Waals surface area (Å²) in [4.78, 5) is 14.5. The van der Waals surface area contributed by atoms with Crippen molar-refractivity contribution in [3.63, 3.8) is 0 Å². The number of rotatable bonds is 7. The monoisotopic (exact) mass is 380 g/mol. The standard InChI is InChI=1S/C19H28N2O4S/c1-3-15-25-17-5-4-13-21(14-12-17)19(22)11-8-16-6-9-18(10-7-16)26(23,24)20-2/h6-11,17,20H,3-5,12-15H2,1-2H3/b11-8+. The fourth-order valence-electron chi connectivity index (χ4n) is 2.89. The molecule has 0 spiro atoms. The van der Waals surface area contributed by atoms with E-state index in [0.29, 0.717) is 6.54 Å². The first-order valence-electron chi connectivity index (χ1n) is 9.08. The smallest absolute Gasteiger partial charge is 0.246 e. The van der Waals surface area contributed by atoms with Crippen molar-refractivity contribution in [2.45, 2.75) is 43.6 Å². The molecule has 7 heteroatoms. The van der Waals surface area contributed by atoms with E-state index in [4.69, 9.17) is 4.74 Å². The zero-order chi connectivity index (χ0) is 19.0. The zero-order valence-corrected chi connectivity index (χ0v) is 16.3. The molecule has 0 aliphatic carbocycles. The quantitative estimate of drug-likeness (QED) is 0.737. The van der Waals surface area contributed by atoms with Gasteiger partial charge in [-0.3, -0.25) is 4.79 Å². The molecule has 2 rings (SSSR count). The maximum atomic E-state index is 12.4. The van der Waals surface area contributed by atoms with Gasteiger partial charge >= 0.3 is 0 Å². The maximum absolute atomic E-state index is 12.4. The molecule has 1 amide bonds. The number of likely N-dealkylation sites (tertiary alicyclic amines) is 1. The number of benzene rings is 1. The molecule has 0 saturated carbocycles. The van der Waals surface area contributed by atoms with E-state index in [-0.39, 0.29) is 16.9 Å². The molecule has 1 heterocycles. The van der Waals surface area contributed by atoms with Crippen LogP contribution in [-0.2, 0) is 19.6 Å². The van der Waals surface area contributed by atoms with E-state index < -0.39 is 10.0 Å². The largest absolute Gasteiger partial charge is 0.378 e. The van der Waals surface area contributed by atoms with Gasteiger partial charge in [0.25, 0.3) is 0 Å². The summed E-state index contributed by atoms with van der Waals surface area (Å²) < 4.78 is 31.5. The lowest BCUT2D eigenvalue weighted by Gasteiger charge is -2.19. The Morgan fingerprint density at radius 3 is 2.65 bits per heavy atom. The predicted molar refractivity (Wildman–Crippen MR) is 102 cm³/mol. The summed E-state index contributed by atoms with van der Waals surface area (Å²) in [5.41, 5.74) is 0.785. The number of nitrogens with zero attached hydrogens (tertiary/aromatic N) is 1. The van der Waals surface area contributed by atoms with E-state index in [0.717, 1.165) is 44.4 Å². The topological polar surface area (TPSA) is 75.7 Å². The minimum Gasteiger partial charge on any atom is -0.378 e. The van der Waals surface area contributed by atoms with Crippen LogP contribution < -0.4 is 4.72 Å². The van der Waals surface area contributed by atoms with Crippen LogP contribution in [0.5, 0.6) is 0 Å². The van der Waals surface area contributed by atoms with Crippen molar-refractivity contribution in [1.29, 1.82) is 0 Å². The molecule has 0 radical (unpaired) electrons. The third-order valence-electron chi connectivity index (χ3n) is 4.42. The van der Waals surface area contributed by atoms with Crippen molar-refractivity contribution in [3.05, 3.63) is 35.9 Å². The molecule has 1 fully saturated rings. The molecule has 1 aliphatic rings. The van der Waals surface area contributed by atoms with E-state index in [1.807, 2.05) is 4.90 Å². The number of amides is 1. The minimum atomic E-state index is -3.44. The molecule has 144 valence electrons. The van der Waals surface area contributed by atoms with Gasteiger partial charge < -0.3 is 9.64 Å². The SMILES string of the molecule is CCCOC1CCCN(C(=O)/C=C/c2ccc(S(=O)(=O)NC)cc2)CC1. The molecular weight excluding hydrogens is 352 g/mol. The Bertz CT molecular complexity index is 714. The summed E-state index contributed by atoms with van der Waals surface area (Å²) in [5, 5.41) is 0. The molecule has 1 saturated heterocycles. The number of sulfonamides is 1. The van der Waals surface area contributed by atoms with Crippen LogP contribution in [-0.4, -0.2) is 52.1 Å². The highest BCUT2D eigenvalue weighted by atomic mass is 32.2. The third kappa shape index (κ3) is 5.93. The van der Waals surface area contributed by atoms with Crippen LogP contribution >= 0.6 is 0 Å². The van der Waals surface area contributed by atoms with Gasteiger partial charge in [-0.25, -0.2) is 13.1 Å². The van der Waals surface area contributed by atoms with E-state index in [1.165, 1.54) is 19.2 Å². The van der Waals surface area contributed by atoms with Crippen LogP contribution in [0.25, 0.3) is 6.08 Å². The molecule has 6 nitrogen and oxygen atoms in total. The van der Waals surface area contributed by atoms with Gasteiger partial charge in [-0.05, 0) is 56.5 Å². The van der Waals surface area contributed by atoms with Crippen molar-refractivity contribution in [3.8, 4) is 0 Å². The Labute approximate surface area is 156 Å². The molecule has 1 atom stereocenters. The second-order valence-electron chi connectivity index (χ2n) is 6.36.